The van der Waals surface area contributed by atoms with E-state index in [-0.39, 0.29) is 24.5 Å². The number of benzene rings is 1. The molecule has 0 saturated carbocycles. The number of non-ortho nitro benzene ring substituents is 1. The maximum absolute atomic E-state index is 10.9. The van der Waals surface area contributed by atoms with E-state index in [0.29, 0.717) is 6.21 Å². The van der Waals surface area contributed by atoms with Crippen molar-refractivity contribution in [1.82, 2.24) is 5.32 Å². The van der Waals surface area contributed by atoms with Crippen LogP contribution in [0, 0.1) is 20.2 Å². The third kappa shape index (κ3) is 4.69. The van der Waals surface area contributed by atoms with Crippen molar-refractivity contribution in [2.45, 2.75) is 0 Å². The van der Waals surface area contributed by atoms with Crippen LogP contribution in [0.1, 0.15) is 0 Å². The molecule has 1 aromatic rings. The molecule has 0 aliphatic heterocycles. The molecule has 2 N–H and O–H groups in total. The maximum atomic E-state index is 10.9. The molecule has 0 radical (unpaired) electrons. The van der Waals surface area contributed by atoms with Crippen LogP contribution in [0.25, 0.3) is 5.53 Å². The van der Waals surface area contributed by atoms with Crippen LogP contribution in [-0.4, -0.2) is 39.8 Å². The van der Waals surface area contributed by atoms with Crippen LogP contribution in [0.4, 0.5) is 17.1 Å². The highest BCUT2D eigenvalue weighted by atomic mass is 16.6. The lowest BCUT2D eigenvalue weighted by atomic mass is 10.2. The molecule has 21 heavy (non-hydrogen) atoms. The average molecular weight is 294 g/mol. The first-order valence-corrected chi connectivity index (χ1v) is 5.57. The largest absolute Gasteiger partial charge is 0.378 e. The van der Waals surface area contributed by atoms with Crippen molar-refractivity contribution in [1.29, 1.82) is 0 Å². The first kappa shape index (κ1) is 15.7. The molecule has 11 heteroatoms. The summed E-state index contributed by atoms with van der Waals surface area (Å²) in [5.41, 5.74) is 7.37. The van der Waals surface area contributed by atoms with E-state index in [1.807, 2.05) is 0 Å². The molecule has 110 valence electrons. The predicted octanol–water partition coefficient (Wildman–Crippen LogP) is 0.332. The monoisotopic (exact) mass is 294 g/mol. The summed E-state index contributed by atoms with van der Waals surface area (Å²) in [4.78, 5) is 33.4. The first-order valence-electron chi connectivity index (χ1n) is 5.57. The lowest BCUT2D eigenvalue weighted by Crippen LogP contribution is -2.29. The minimum Gasteiger partial charge on any atom is -0.378 e. The van der Waals surface area contributed by atoms with Crippen LogP contribution >= 0.6 is 0 Å². The van der Waals surface area contributed by atoms with E-state index >= 15 is 0 Å². The summed E-state index contributed by atoms with van der Waals surface area (Å²) >= 11 is 0. The summed E-state index contributed by atoms with van der Waals surface area (Å²) in [5, 5.41) is 26.4. The van der Waals surface area contributed by atoms with Crippen LogP contribution in [0.15, 0.2) is 18.2 Å². The SMILES string of the molecule is [N-]=[N+]=CC(=O)NCCNc1ccc([N+](=O)[O-])cc1[N+](=O)[O-]. The van der Waals surface area contributed by atoms with E-state index in [9.17, 15) is 25.0 Å². The third-order valence-electron chi connectivity index (χ3n) is 2.30. The summed E-state index contributed by atoms with van der Waals surface area (Å²) < 4.78 is 0. The number of carbonyl (C=O) groups excluding carboxylic acids is 1. The molecular weight excluding hydrogens is 284 g/mol. The number of nitrogens with one attached hydrogen (secondary N) is 2. The van der Waals surface area contributed by atoms with Crippen LogP contribution in [0.2, 0.25) is 0 Å². The van der Waals surface area contributed by atoms with Crippen molar-refractivity contribution >= 4 is 29.2 Å². The van der Waals surface area contributed by atoms with Crippen molar-refractivity contribution in [3.05, 3.63) is 44.0 Å². The molecule has 0 aliphatic rings. The Morgan fingerprint density at radius 1 is 1.29 bits per heavy atom. The van der Waals surface area contributed by atoms with E-state index in [1.54, 1.807) is 0 Å². The van der Waals surface area contributed by atoms with Gasteiger partial charge in [0, 0.05) is 19.2 Å². The maximum Gasteiger partial charge on any atom is 0.344 e. The van der Waals surface area contributed by atoms with E-state index in [2.05, 4.69) is 15.4 Å². The number of amides is 1. The zero-order chi connectivity index (χ0) is 15.8. The molecule has 0 saturated heterocycles. The molecule has 0 atom stereocenters. The summed E-state index contributed by atoms with van der Waals surface area (Å²) in [5.74, 6) is -0.627. The normalized spacial score (nSPS) is 9.33. The predicted molar refractivity (Wildman–Crippen MR) is 70.9 cm³/mol. The number of nitro benzene ring substituents is 2. The van der Waals surface area contributed by atoms with E-state index in [0.717, 1.165) is 12.1 Å². The van der Waals surface area contributed by atoms with Gasteiger partial charge in [-0.2, -0.15) is 4.79 Å². The van der Waals surface area contributed by atoms with E-state index in [4.69, 9.17) is 5.53 Å². The Balaban J connectivity index is 2.70. The Bertz CT molecular complexity index is 624. The molecule has 0 spiro atoms. The molecule has 0 fully saturated rings. The molecule has 0 unspecified atom stereocenters. The smallest absolute Gasteiger partial charge is 0.344 e. The summed E-state index contributed by atoms with van der Waals surface area (Å²) in [6, 6.07) is 3.19. The van der Waals surface area contributed by atoms with Crippen LogP contribution in [-0.2, 0) is 4.79 Å². The number of nitrogens with zero attached hydrogens (tertiary/aromatic N) is 4. The molecular formula is C10H10N6O5. The van der Waals surface area contributed by atoms with Crippen molar-refractivity contribution in [3.63, 3.8) is 0 Å². The highest BCUT2D eigenvalue weighted by Gasteiger charge is 2.18. The summed E-state index contributed by atoms with van der Waals surface area (Å²) in [6.45, 7) is 0.253. The molecule has 1 rings (SSSR count). The van der Waals surface area contributed by atoms with Gasteiger partial charge >= 0.3 is 12.1 Å². The van der Waals surface area contributed by atoms with E-state index < -0.39 is 21.4 Å². The second-order valence-electron chi connectivity index (χ2n) is 3.68. The highest BCUT2D eigenvalue weighted by molar-refractivity contribution is 6.23. The lowest BCUT2D eigenvalue weighted by molar-refractivity contribution is -0.393. The minimum absolute atomic E-state index is 0.0932. The van der Waals surface area contributed by atoms with Gasteiger partial charge in [0.05, 0.1) is 15.9 Å². The first-order chi connectivity index (χ1) is 9.95. The van der Waals surface area contributed by atoms with Crippen LogP contribution < -0.4 is 10.6 Å². The number of nitro groups is 2. The van der Waals surface area contributed by atoms with Gasteiger partial charge in [-0.3, -0.25) is 25.0 Å². The third-order valence-corrected chi connectivity index (χ3v) is 2.30. The van der Waals surface area contributed by atoms with Gasteiger partial charge in [-0.25, -0.2) is 0 Å². The Labute approximate surface area is 117 Å². The number of hydrogen-bond acceptors (Lipinski definition) is 6. The lowest BCUT2D eigenvalue weighted by Gasteiger charge is -2.06. The Hall–Kier alpha value is -3.33. The average Bonchev–Trinajstić information content (AvgIpc) is 2.43. The fourth-order valence-corrected chi connectivity index (χ4v) is 1.42. The minimum atomic E-state index is -0.744. The van der Waals surface area contributed by atoms with Gasteiger partial charge in [-0.1, -0.05) is 0 Å². The molecule has 0 aromatic heterocycles. The highest BCUT2D eigenvalue weighted by Crippen LogP contribution is 2.28. The topological polar surface area (TPSA) is 164 Å². The van der Waals surface area contributed by atoms with Gasteiger partial charge < -0.3 is 16.2 Å². The fourth-order valence-electron chi connectivity index (χ4n) is 1.42. The number of carbonyl (C=O) groups is 1. The zero-order valence-corrected chi connectivity index (χ0v) is 10.6. The molecule has 11 nitrogen and oxygen atoms in total. The number of anilines is 1. The Morgan fingerprint density at radius 2 is 2.00 bits per heavy atom. The van der Waals surface area contributed by atoms with Gasteiger partial charge in [0.1, 0.15) is 5.69 Å². The van der Waals surface area contributed by atoms with Crippen LogP contribution in [0.3, 0.4) is 0 Å². The summed E-state index contributed by atoms with van der Waals surface area (Å²) in [6.07, 6.45) is 0.661. The van der Waals surface area contributed by atoms with Gasteiger partial charge in [-0.05, 0) is 6.07 Å². The van der Waals surface area contributed by atoms with E-state index in [1.165, 1.54) is 6.07 Å². The molecule has 0 heterocycles. The number of hydrogen-bond donors (Lipinski definition) is 2. The second-order valence-corrected chi connectivity index (χ2v) is 3.68. The zero-order valence-electron chi connectivity index (χ0n) is 10.6. The van der Waals surface area contributed by atoms with Gasteiger partial charge in [-0.15, -0.1) is 0 Å². The molecule has 0 bridgehead atoms. The Morgan fingerprint density at radius 3 is 2.57 bits per heavy atom. The van der Waals surface area contributed by atoms with Gasteiger partial charge in [0.15, 0.2) is 0 Å². The molecule has 1 aromatic carbocycles. The second kappa shape index (κ2) is 7.31. The van der Waals surface area contributed by atoms with Crippen LogP contribution in [0.5, 0.6) is 0 Å². The standard InChI is InChI=1S/C10H10N6O5/c11-14-6-10(17)13-4-3-12-8-2-1-7(15(18)19)5-9(8)16(20)21/h1-2,5-6,12H,3-4H2,(H,13,17). The molecule has 0 aliphatic carbocycles. The van der Waals surface area contributed by atoms with Crippen molar-refractivity contribution in [2.24, 2.45) is 0 Å². The number of rotatable bonds is 7. The van der Waals surface area contributed by atoms with Crippen molar-refractivity contribution in [2.75, 3.05) is 18.4 Å². The van der Waals surface area contributed by atoms with Crippen molar-refractivity contribution in [3.8, 4) is 0 Å². The van der Waals surface area contributed by atoms with Crippen molar-refractivity contribution < 1.29 is 19.4 Å². The Kier molecular flexibility index (Phi) is 5.47. The van der Waals surface area contributed by atoms with Gasteiger partial charge in [0.2, 0.25) is 0 Å². The fraction of sp³-hybridized carbons (Fsp3) is 0.200. The quantitative estimate of drug-likeness (QED) is 0.184. The molecule has 1 amide bonds. The van der Waals surface area contributed by atoms with Gasteiger partial charge in [0.25, 0.3) is 11.4 Å². The summed E-state index contributed by atoms with van der Waals surface area (Å²) in [7, 11) is 0.